The molecule has 4 rings (SSSR count). The highest BCUT2D eigenvalue weighted by molar-refractivity contribution is 5.67. The van der Waals surface area contributed by atoms with Crippen LogP contribution >= 0.6 is 0 Å². The zero-order valence-corrected chi connectivity index (χ0v) is 13.5. The summed E-state index contributed by atoms with van der Waals surface area (Å²) in [5.74, 6) is 3.02. The van der Waals surface area contributed by atoms with Crippen LogP contribution in [0.1, 0.15) is 18.9 Å². The first-order valence-electron chi connectivity index (χ1n) is 7.95. The van der Waals surface area contributed by atoms with E-state index >= 15 is 0 Å². The molecule has 1 atom stereocenters. The molecule has 0 N–H and O–H groups in total. The number of likely N-dealkylation sites (N-methyl/N-ethyl adjacent to an activating group) is 1. The van der Waals surface area contributed by atoms with E-state index in [-0.39, 0.29) is 6.79 Å². The van der Waals surface area contributed by atoms with Crippen molar-refractivity contribution >= 4 is 0 Å². The van der Waals surface area contributed by atoms with Crippen LogP contribution in [0.2, 0.25) is 0 Å². The summed E-state index contributed by atoms with van der Waals surface area (Å²) >= 11 is 0. The summed E-state index contributed by atoms with van der Waals surface area (Å²) in [5, 5.41) is 0. The summed E-state index contributed by atoms with van der Waals surface area (Å²) in [6, 6.07) is 4.40. The van der Waals surface area contributed by atoms with Crippen LogP contribution in [0.4, 0.5) is 0 Å². The Balaban J connectivity index is 1.73. The lowest BCUT2D eigenvalue weighted by Crippen LogP contribution is -2.33. The first-order valence-corrected chi connectivity index (χ1v) is 7.95. The zero-order chi connectivity index (χ0) is 15.8. The summed E-state index contributed by atoms with van der Waals surface area (Å²) in [5.41, 5.74) is 0.990. The number of fused-ring (bicyclic) bond motifs is 1. The largest absolute Gasteiger partial charge is 0.493 e. The van der Waals surface area contributed by atoms with E-state index in [1.54, 1.807) is 7.11 Å². The molecule has 2 aliphatic heterocycles. The van der Waals surface area contributed by atoms with E-state index in [0.717, 1.165) is 23.7 Å². The Kier molecular flexibility index (Phi) is 3.61. The third-order valence-electron chi connectivity index (χ3n) is 4.58. The van der Waals surface area contributed by atoms with Crippen LogP contribution in [0.5, 0.6) is 17.2 Å². The molecule has 0 aliphatic carbocycles. The summed E-state index contributed by atoms with van der Waals surface area (Å²) < 4.78 is 18.7. The molecule has 23 heavy (non-hydrogen) atoms. The van der Waals surface area contributed by atoms with Crippen molar-refractivity contribution < 1.29 is 14.2 Å². The van der Waals surface area contributed by atoms with E-state index < -0.39 is 0 Å². The van der Waals surface area contributed by atoms with Gasteiger partial charge in [-0.3, -0.25) is 0 Å². The molecule has 122 valence electrons. The maximum absolute atomic E-state index is 5.53. The number of hydrogen-bond donors (Lipinski definition) is 0. The van der Waals surface area contributed by atoms with Crippen LogP contribution in [0, 0.1) is 0 Å². The van der Waals surface area contributed by atoms with E-state index in [4.69, 9.17) is 14.2 Å². The monoisotopic (exact) mass is 315 g/mol. The fraction of sp³-hybridized carbons (Fsp3) is 0.471. The van der Waals surface area contributed by atoms with Crippen LogP contribution < -0.4 is 14.2 Å². The lowest BCUT2D eigenvalue weighted by atomic mass is 10.1. The number of hydrogen-bond acceptors (Lipinski definition) is 5. The predicted molar refractivity (Wildman–Crippen MR) is 86.1 cm³/mol. The summed E-state index contributed by atoms with van der Waals surface area (Å²) in [6.07, 6.45) is 6.32. The van der Waals surface area contributed by atoms with Crippen molar-refractivity contribution in [2.24, 2.45) is 0 Å². The van der Waals surface area contributed by atoms with E-state index in [0.29, 0.717) is 17.5 Å². The first-order chi connectivity index (χ1) is 11.3. The van der Waals surface area contributed by atoms with Gasteiger partial charge in [-0.1, -0.05) is 0 Å². The molecular weight excluding hydrogens is 294 g/mol. The molecule has 0 spiro atoms. The Morgan fingerprint density at radius 2 is 2.22 bits per heavy atom. The van der Waals surface area contributed by atoms with E-state index in [1.807, 2.05) is 18.3 Å². The molecule has 0 amide bonds. The number of ether oxygens (including phenoxy) is 3. The standard InChI is InChI=1S/C17H21N3O3/c1-19-6-3-4-13(10-19)20-7-5-18-17(20)12-8-14(21-2)16-15(9-12)22-11-23-16/h5,7-9,13H,3-4,6,10-11H2,1-2H3. The number of rotatable bonds is 3. The van der Waals surface area contributed by atoms with Gasteiger partial charge in [-0.15, -0.1) is 0 Å². The molecule has 0 bridgehead atoms. The molecule has 2 aliphatic rings. The summed E-state index contributed by atoms with van der Waals surface area (Å²) in [6.45, 7) is 2.44. The number of piperidine rings is 1. The van der Waals surface area contributed by atoms with Crippen molar-refractivity contribution in [3.63, 3.8) is 0 Å². The third kappa shape index (κ3) is 2.53. The van der Waals surface area contributed by atoms with Crippen molar-refractivity contribution in [3.8, 4) is 28.6 Å². The normalized spacial score (nSPS) is 20.7. The molecule has 3 heterocycles. The predicted octanol–water partition coefficient (Wildman–Crippen LogP) is 2.55. The quantitative estimate of drug-likeness (QED) is 0.871. The molecule has 1 unspecified atom stereocenters. The molecular formula is C17H21N3O3. The van der Waals surface area contributed by atoms with Gasteiger partial charge >= 0.3 is 0 Å². The van der Waals surface area contributed by atoms with Gasteiger partial charge in [0, 0.05) is 30.5 Å². The smallest absolute Gasteiger partial charge is 0.231 e. The number of benzene rings is 1. The SMILES string of the molecule is COc1cc(-c2nccn2C2CCCN(C)C2)cc2c1OCO2. The lowest BCUT2D eigenvalue weighted by Gasteiger charge is -2.31. The van der Waals surface area contributed by atoms with Crippen LogP contribution in [0.25, 0.3) is 11.4 Å². The van der Waals surface area contributed by atoms with Crippen molar-refractivity contribution in [2.75, 3.05) is 34.0 Å². The number of methoxy groups -OCH3 is 1. The maximum atomic E-state index is 5.53. The minimum absolute atomic E-state index is 0.233. The topological polar surface area (TPSA) is 48.8 Å². The second-order valence-corrected chi connectivity index (χ2v) is 6.13. The van der Waals surface area contributed by atoms with Crippen LogP contribution in [0.3, 0.4) is 0 Å². The van der Waals surface area contributed by atoms with Gasteiger partial charge in [-0.05, 0) is 38.6 Å². The van der Waals surface area contributed by atoms with Gasteiger partial charge in [0.25, 0.3) is 0 Å². The van der Waals surface area contributed by atoms with Crippen molar-refractivity contribution in [1.82, 2.24) is 14.5 Å². The highest BCUT2D eigenvalue weighted by Crippen LogP contribution is 2.44. The van der Waals surface area contributed by atoms with Gasteiger partial charge in [-0.2, -0.15) is 0 Å². The highest BCUT2D eigenvalue weighted by Gasteiger charge is 2.25. The zero-order valence-electron chi connectivity index (χ0n) is 13.5. The molecule has 2 aromatic rings. The van der Waals surface area contributed by atoms with Crippen LogP contribution in [0.15, 0.2) is 24.5 Å². The van der Waals surface area contributed by atoms with Crippen molar-refractivity contribution in [2.45, 2.75) is 18.9 Å². The Hall–Kier alpha value is -2.21. The molecule has 1 aromatic heterocycles. The number of nitrogens with zero attached hydrogens (tertiary/aromatic N) is 3. The minimum atomic E-state index is 0.233. The Morgan fingerprint density at radius 3 is 3.04 bits per heavy atom. The molecule has 0 saturated carbocycles. The Bertz CT molecular complexity index is 713. The first kappa shape index (κ1) is 14.4. The molecule has 1 aromatic carbocycles. The second-order valence-electron chi connectivity index (χ2n) is 6.13. The molecule has 6 nitrogen and oxygen atoms in total. The Morgan fingerprint density at radius 1 is 1.30 bits per heavy atom. The average molecular weight is 315 g/mol. The molecule has 6 heteroatoms. The molecule has 0 radical (unpaired) electrons. The van der Waals surface area contributed by atoms with Gasteiger partial charge in [0.15, 0.2) is 11.5 Å². The van der Waals surface area contributed by atoms with Gasteiger partial charge < -0.3 is 23.7 Å². The number of aromatic nitrogens is 2. The molecule has 1 saturated heterocycles. The van der Waals surface area contributed by atoms with E-state index in [9.17, 15) is 0 Å². The number of likely N-dealkylation sites (tertiary alicyclic amines) is 1. The van der Waals surface area contributed by atoms with Crippen LogP contribution in [-0.4, -0.2) is 48.5 Å². The van der Waals surface area contributed by atoms with E-state index in [2.05, 4.69) is 27.7 Å². The fourth-order valence-corrected chi connectivity index (χ4v) is 3.46. The number of imidazole rings is 1. The summed E-state index contributed by atoms with van der Waals surface area (Å²) in [7, 11) is 3.82. The Labute approximate surface area is 135 Å². The van der Waals surface area contributed by atoms with Gasteiger partial charge in [0.2, 0.25) is 12.5 Å². The highest BCUT2D eigenvalue weighted by atomic mass is 16.7. The summed E-state index contributed by atoms with van der Waals surface area (Å²) in [4.78, 5) is 6.95. The van der Waals surface area contributed by atoms with Crippen molar-refractivity contribution in [1.29, 1.82) is 0 Å². The second kappa shape index (κ2) is 5.77. The third-order valence-corrected chi connectivity index (χ3v) is 4.58. The van der Waals surface area contributed by atoms with Crippen molar-refractivity contribution in [3.05, 3.63) is 24.5 Å². The average Bonchev–Trinajstić information content (AvgIpc) is 3.22. The van der Waals surface area contributed by atoms with Gasteiger partial charge in [0.1, 0.15) is 5.82 Å². The van der Waals surface area contributed by atoms with E-state index in [1.165, 1.54) is 19.4 Å². The lowest BCUT2D eigenvalue weighted by molar-refractivity contribution is 0.171. The van der Waals surface area contributed by atoms with Gasteiger partial charge in [-0.25, -0.2) is 4.98 Å². The molecule has 1 fully saturated rings. The van der Waals surface area contributed by atoms with Gasteiger partial charge in [0.05, 0.1) is 7.11 Å². The fourth-order valence-electron chi connectivity index (χ4n) is 3.46. The van der Waals surface area contributed by atoms with Crippen LogP contribution in [-0.2, 0) is 0 Å². The maximum Gasteiger partial charge on any atom is 0.231 e. The minimum Gasteiger partial charge on any atom is -0.493 e.